The molecular weight excluding hydrogens is 260 g/mol. The maximum absolute atomic E-state index is 10.6. The summed E-state index contributed by atoms with van der Waals surface area (Å²) < 4.78 is 5.81. The van der Waals surface area contributed by atoms with E-state index in [-0.39, 0.29) is 0 Å². The molecule has 0 aliphatic carbocycles. The predicted molar refractivity (Wildman–Crippen MR) is 76.5 cm³/mol. The van der Waals surface area contributed by atoms with Gasteiger partial charge in [0.1, 0.15) is 12.4 Å². The van der Waals surface area contributed by atoms with Crippen molar-refractivity contribution in [3.05, 3.63) is 57.8 Å². The normalized spacial score (nSPS) is 10.8. The smallest absolute Gasteiger partial charge is 0.328 e. The summed E-state index contributed by atoms with van der Waals surface area (Å²) in [7, 11) is 0. The van der Waals surface area contributed by atoms with E-state index in [0.717, 1.165) is 27.8 Å². The van der Waals surface area contributed by atoms with E-state index in [1.54, 1.807) is 17.4 Å². The average Bonchev–Trinajstić information content (AvgIpc) is 2.88. The molecule has 0 fully saturated rings. The van der Waals surface area contributed by atoms with Crippen LogP contribution < -0.4 is 4.74 Å². The van der Waals surface area contributed by atoms with Gasteiger partial charge in [-0.2, -0.15) is 0 Å². The number of rotatable bonds is 5. The lowest BCUT2D eigenvalue weighted by atomic mass is 10.1. The molecule has 1 aromatic carbocycles. The Bertz CT molecular complexity index is 585. The molecular formula is C15H14O3S. The average molecular weight is 274 g/mol. The standard InChI is InChI=1S/C15H14O3S/c1-11-4-2-5-12(7-8-14(16)17)15(11)18-10-13-6-3-9-19-13/h2-9H,10H2,1H3,(H,16,17)/b8-7+. The highest BCUT2D eigenvalue weighted by Gasteiger charge is 2.06. The van der Waals surface area contributed by atoms with Gasteiger partial charge in [0.2, 0.25) is 0 Å². The number of para-hydroxylation sites is 1. The third kappa shape index (κ3) is 3.69. The van der Waals surface area contributed by atoms with Gasteiger partial charge in [-0.3, -0.25) is 0 Å². The molecule has 0 aliphatic heterocycles. The Morgan fingerprint density at radius 2 is 2.21 bits per heavy atom. The van der Waals surface area contributed by atoms with Gasteiger partial charge >= 0.3 is 5.97 Å². The number of benzene rings is 1. The molecule has 0 unspecified atom stereocenters. The van der Waals surface area contributed by atoms with Crippen molar-refractivity contribution in [3.63, 3.8) is 0 Å². The third-order valence-corrected chi connectivity index (χ3v) is 3.44. The second kappa shape index (κ2) is 6.20. The van der Waals surface area contributed by atoms with Gasteiger partial charge in [-0.15, -0.1) is 11.3 Å². The lowest BCUT2D eigenvalue weighted by Gasteiger charge is -2.11. The zero-order chi connectivity index (χ0) is 13.7. The molecule has 0 bridgehead atoms. The Morgan fingerprint density at radius 1 is 1.37 bits per heavy atom. The fraction of sp³-hybridized carbons (Fsp3) is 0.133. The molecule has 1 aromatic heterocycles. The Labute approximate surface area is 115 Å². The summed E-state index contributed by atoms with van der Waals surface area (Å²) in [5.74, 6) is -0.237. The summed E-state index contributed by atoms with van der Waals surface area (Å²) in [5.41, 5.74) is 1.77. The Hall–Kier alpha value is -2.07. The van der Waals surface area contributed by atoms with E-state index < -0.39 is 5.97 Å². The monoisotopic (exact) mass is 274 g/mol. The molecule has 98 valence electrons. The van der Waals surface area contributed by atoms with Crippen molar-refractivity contribution in [1.82, 2.24) is 0 Å². The minimum Gasteiger partial charge on any atom is -0.487 e. The summed E-state index contributed by atoms with van der Waals surface area (Å²) >= 11 is 1.64. The maximum atomic E-state index is 10.6. The third-order valence-electron chi connectivity index (χ3n) is 2.59. The summed E-state index contributed by atoms with van der Waals surface area (Å²) in [5, 5.41) is 10.7. The minimum absolute atomic E-state index is 0.496. The Morgan fingerprint density at radius 3 is 2.89 bits per heavy atom. The highest BCUT2D eigenvalue weighted by atomic mass is 32.1. The van der Waals surface area contributed by atoms with Crippen LogP contribution in [-0.4, -0.2) is 11.1 Å². The van der Waals surface area contributed by atoms with Crippen LogP contribution in [0.3, 0.4) is 0 Å². The zero-order valence-corrected chi connectivity index (χ0v) is 11.3. The number of ether oxygens (including phenoxy) is 1. The Balaban J connectivity index is 2.20. The Kier molecular flexibility index (Phi) is 4.36. The number of carboxylic acid groups (broad SMARTS) is 1. The molecule has 0 saturated carbocycles. The van der Waals surface area contributed by atoms with E-state index >= 15 is 0 Å². The first kappa shape index (κ1) is 13.4. The highest BCUT2D eigenvalue weighted by Crippen LogP contribution is 2.26. The van der Waals surface area contributed by atoms with Gasteiger partial charge in [0.25, 0.3) is 0 Å². The summed E-state index contributed by atoms with van der Waals surface area (Å²) in [6.45, 7) is 2.44. The van der Waals surface area contributed by atoms with Crippen molar-refractivity contribution in [2.24, 2.45) is 0 Å². The number of thiophene rings is 1. The van der Waals surface area contributed by atoms with Crippen LogP contribution in [0, 0.1) is 6.92 Å². The number of carboxylic acids is 1. The first-order valence-corrected chi connectivity index (χ1v) is 6.70. The molecule has 0 amide bonds. The fourth-order valence-corrected chi connectivity index (χ4v) is 2.32. The van der Waals surface area contributed by atoms with Gasteiger partial charge in [-0.05, 0) is 30.0 Å². The quantitative estimate of drug-likeness (QED) is 0.845. The molecule has 0 spiro atoms. The van der Waals surface area contributed by atoms with Crippen molar-refractivity contribution in [1.29, 1.82) is 0 Å². The second-order valence-electron chi connectivity index (χ2n) is 4.03. The van der Waals surface area contributed by atoms with Crippen molar-refractivity contribution in [2.75, 3.05) is 0 Å². The van der Waals surface area contributed by atoms with Crippen LogP contribution in [0.15, 0.2) is 41.8 Å². The van der Waals surface area contributed by atoms with Gasteiger partial charge < -0.3 is 9.84 Å². The van der Waals surface area contributed by atoms with Gasteiger partial charge in [0.05, 0.1) is 0 Å². The van der Waals surface area contributed by atoms with Gasteiger partial charge in [-0.1, -0.05) is 24.3 Å². The maximum Gasteiger partial charge on any atom is 0.328 e. The van der Waals surface area contributed by atoms with E-state index in [4.69, 9.17) is 9.84 Å². The van der Waals surface area contributed by atoms with Crippen molar-refractivity contribution in [2.45, 2.75) is 13.5 Å². The van der Waals surface area contributed by atoms with Crippen LogP contribution in [-0.2, 0) is 11.4 Å². The van der Waals surface area contributed by atoms with Crippen LogP contribution in [0.2, 0.25) is 0 Å². The predicted octanol–water partition coefficient (Wildman–Crippen LogP) is 3.73. The van der Waals surface area contributed by atoms with E-state index in [1.165, 1.54) is 0 Å². The van der Waals surface area contributed by atoms with Gasteiger partial charge in [-0.25, -0.2) is 4.79 Å². The summed E-state index contributed by atoms with van der Waals surface area (Å²) in [6, 6.07) is 9.66. The molecule has 2 aromatic rings. The van der Waals surface area contributed by atoms with E-state index in [0.29, 0.717) is 6.61 Å². The van der Waals surface area contributed by atoms with Crippen molar-refractivity contribution < 1.29 is 14.6 Å². The molecule has 3 nitrogen and oxygen atoms in total. The zero-order valence-electron chi connectivity index (χ0n) is 10.5. The number of aryl methyl sites for hydroxylation is 1. The lowest BCUT2D eigenvalue weighted by molar-refractivity contribution is -0.131. The molecule has 0 atom stereocenters. The number of hydrogen-bond acceptors (Lipinski definition) is 3. The van der Waals surface area contributed by atoms with E-state index in [1.807, 2.05) is 42.6 Å². The van der Waals surface area contributed by atoms with Crippen LogP contribution in [0.4, 0.5) is 0 Å². The number of hydrogen-bond donors (Lipinski definition) is 1. The SMILES string of the molecule is Cc1cccc(/C=C/C(=O)O)c1OCc1cccs1. The molecule has 0 radical (unpaired) electrons. The number of carbonyl (C=O) groups is 1. The number of aliphatic carboxylic acids is 1. The van der Waals surface area contributed by atoms with Crippen LogP contribution in [0.5, 0.6) is 5.75 Å². The second-order valence-corrected chi connectivity index (χ2v) is 5.07. The van der Waals surface area contributed by atoms with Gasteiger partial charge in [0.15, 0.2) is 0 Å². The summed E-state index contributed by atoms with van der Waals surface area (Å²) in [4.78, 5) is 11.7. The first-order valence-electron chi connectivity index (χ1n) is 5.82. The molecule has 1 heterocycles. The van der Waals surface area contributed by atoms with Crippen LogP contribution in [0.1, 0.15) is 16.0 Å². The van der Waals surface area contributed by atoms with Crippen molar-refractivity contribution >= 4 is 23.4 Å². The van der Waals surface area contributed by atoms with E-state index in [9.17, 15) is 4.79 Å². The molecule has 19 heavy (non-hydrogen) atoms. The van der Waals surface area contributed by atoms with Crippen LogP contribution in [0.25, 0.3) is 6.08 Å². The van der Waals surface area contributed by atoms with Crippen LogP contribution >= 0.6 is 11.3 Å². The van der Waals surface area contributed by atoms with Gasteiger partial charge in [0, 0.05) is 16.5 Å². The highest BCUT2D eigenvalue weighted by molar-refractivity contribution is 7.09. The lowest BCUT2D eigenvalue weighted by Crippen LogP contribution is -1.97. The molecule has 4 heteroatoms. The molecule has 1 N–H and O–H groups in total. The minimum atomic E-state index is -0.967. The first-order chi connectivity index (χ1) is 9.16. The summed E-state index contributed by atoms with van der Waals surface area (Å²) in [6.07, 6.45) is 2.67. The largest absolute Gasteiger partial charge is 0.487 e. The van der Waals surface area contributed by atoms with Crippen molar-refractivity contribution in [3.8, 4) is 5.75 Å². The molecule has 0 aliphatic rings. The fourth-order valence-electron chi connectivity index (χ4n) is 1.70. The molecule has 0 saturated heterocycles. The molecule has 2 rings (SSSR count). The van der Waals surface area contributed by atoms with E-state index in [2.05, 4.69) is 0 Å². The topological polar surface area (TPSA) is 46.5 Å².